The zero-order chi connectivity index (χ0) is 29.9. The lowest BCUT2D eigenvalue weighted by Crippen LogP contribution is -2.56. The van der Waals surface area contributed by atoms with Crippen LogP contribution in [0.4, 0.5) is 0 Å². The normalized spacial score (nSPS) is 18.8. The molecule has 2 aliphatic carbocycles. The number of benzene rings is 2. The van der Waals surface area contributed by atoms with Crippen molar-refractivity contribution in [1.82, 2.24) is 10.6 Å². The Labute approximate surface area is 243 Å². The fraction of sp³-hybridized carbons (Fsp3) is 0.515. The van der Waals surface area contributed by atoms with Crippen molar-refractivity contribution in [3.63, 3.8) is 0 Å². The molecule has 41 heavy (non-hydrogen) atoms. The van der Waals surface area contributed by atoms with Crippen LogP contribution in [0.25, 0.3) is 0 Å². The van der Waals surface area contributed by atoms with Crippen LogP contribution in [0.5, 0.6) is 0 Å². The van der Waals surface area contributed by atoms with E-state index in [1.54, 1.807) is 0 Å². The molecule has 222 valence electrons. The molecule has 2 atom stereocenters. The summed E-state index contributed by atoms with van der Waals surface area (Å²) in [5.41, 5.74) is -0.0573. The molecule has 0 aliphatic heterocycles. The Balaban J connectivity index is 0.000000226. The molecule has 0 saturated heterocycles. The predicted molar refractivity (Wildman–Crippen MR) is 157 cm³/mol. The Hall–Kier alpha value is -3.68. The molecule has 2 aliphatic rings. The van der Waals surface area contributed by atoms with Gasteiger partial charge in [-0.15, -0.1) is 0 Å². The summed E-state index contributed by atoms with van der Waals surface area (Å²) in [5.74, 6) is -2.18. The van der Waals surface area contributed by atoms with Crippen LogP contribution in [0.15, 0.2) is 60.7 Å². The second-order valence-corrected chi connectivity index (χ2v) is 11.3. The van der Waals surface area contributed by atoms with E-state index in [2.05, 4.69) is 10.6 Å². The molecule has 0 aromatic heterocycles. The van der Waals surface area contributed by atoms with Crippen LogP contribution in [0.1, 0.15) is 101 Å². The lowest BCUT2D eigenvalue weighted by molar-refractivity contribution is -0.152. The largest absolute Gasteiger partial charge is 0.480 e. The van der Waals surface area contributed by atoms with Gasteiger partial charge in [0.05, 0.1) is 18.9 Å². The fourth-order valence-electron chi connectivity index (χ4n) is 5.75. The van der Waals surface area contributed by atoms with Gasteiger partial charge in [-0.25, -0.2) is 9.59 Å². The van der Waals surface area contributed by atoms with Crippen LogP contribution in [-0.4, -0.2) is 47.0 Å². The summed E-state index contributed by atoms with van der Waals surface area (Å²) in [4.78, 5) is 48.6. The third-order valence-corrected chi connectivity index (χ3v) is 8.51. The molecule has 2 aromatic rings. The van der Waals surface area contributed by atoms with Gasteiger partial charge in [-0.3, -0.25) is 9.59 Å². The summed E-state index contributed by atoms with van der Waals surface area (Å²) in [6.07, 6.45) is 8.09. The average molecular weight is 565 g/mol. The number of carboxylic acid groups (broad SMARTS) is 1. The number of carbonyl (C=O) groups is 4. The Bertz CT molecular complexity index is 1150. The maximum absolute atomic E-state index is 12.5. The molecule has 2 saturated carbocycles. The zero-order valence-electron chi connectivity index (χ0n) is 24.5. The van der Waals surface area contributed by atoms with E-state index >= 15 is 0 Å². The topological polar surface area (TPSA) is 122 Å². The van der Waals surface area contributed by atoms with Crippen LogP contribution in [0.3, 0.4) is 0 Å². The van der Waals surface area contributed by atoms with Crippen LogP contribution >= 0.6 is 0 Å². The summed E-state index contributed by atoms with van der Waals surface area (Å²) in [6, 6.07) is 19.0. The van der Waals surface area contributed by atoms with E-state index in [1.807, 2.05) is 74.5 Å². The summed E-state index contributed by atoms with van der Waals surface area (Å²) in [7, 11) is 1.38. The first-order valence-electron chi connectivity index (χ1n) is 14.7. The van der Waals surface area contributed by atoms with Crippen LogP contribution < -0.4 is 10.6 Å². The minimum atomic E-state index is -1.07. The molecule has 0 radical (unpaired) electrons. The number of methoxy groups -OCH3 is 1. The highest BCUT2D eigenvalue weighted by Gasteiger charge is 2.43. The van der Waals surface area contributed by atoms with Crippen molar-refractivity contribution < 1.29 is 29.0 Å². The predicted octanol–water partition coefficient (Wildman–Crippen LogP) is 5.48. The number of carboxylic acids is 1. The van der Waals surface area contributed by atoms with Gasteiger partial charge < -0.3 is 20.5 Å². The monoisotopic (exact) mass is 564 g/mol. The van der Waals surface area contributed by atoms with Gasteiger partial charge >= 0.3 is 11.9 Å². The Morgan fingerprint density at radius 2 is 1.02 bits per heavy atom. The molecular weight excluding hydrogens is 520 g/mol. The molecule has 4 rings (SSSR count). The number of esters is 1. The summed E-state index contributed by atoms with van der Waals surface area (Å²) < 4.78 is 4.93. The number of hydrogen-bond acceptors (Lipinski definition) is 5. The Kier molecular flexibility index (Phi) is 11.5. The summed E-state index contributed by atoms with van der Waals surface area (Å²) in [6.45, 7) is 3.67. The quantitative estimate of drug-likeness (QED) is 0.365. The second-order valence-electron chi connectivity index (χ2n) is 11.3. The van der Waals surface area contributed by atoms with E-state index < -0.39 is 17.0 Å². The summed E-state index contributed by atoms with van der Waals surface area (Å²) >= 11 is 0. The molecule has 3 N–H and O–H groups in total. The molecule has 0 heterocycles. The lowest BCUT2D eigenvalue weighted by Gasteiger charge is -2.36. The molecular formula is C33H44N2O6. The highest BCUT2D eigenvalue weighted by atomic mass is 16.5. The Morgan fingerprint density at radius 3 is 1.39 bits per heavy atom. The van der Waals surface area contributed by atoms with E-state index in [0.29, 0.717) is 25.7 Å². The highest BCUT2D eigenvalue weighted by molar-refractivity contribution is 5.91. The molecule has 8 heteroatoms. The van der Waals surface area contributed by atoms with Crippen molar-refractivity contribution in [3.05, 3.63) is 71.8 Å². The third kappa shape index (κ3) is 8.18. The van der Waals surface area contributed by atoms with E-state index in [-0.39, 0.29) is 29.6 Å². The van der Waals surface area contributed by atoms with Crippen LogP contribution in [0.2, 0.25) is 0 Å². The molecule has 2 fully saturated rings. The first-order chi connectivity index (χ1) is 19.6. The van der Waals surface area contributed by atoms with Crippen molar-refractivity contribution in [2.24, 2.45) is 0 Å². The number of nitrogens with one attached hydrogen (secondary N) is 2. The maximum Gasteiger partial charge on any atom is 0.331 e. The number of amides is 2. The molecule has 0 spiro atoms. The average Bonchev–Trinajstić information content (AvgIpc) is 3.01. The van der Waals surface area contributed by atoms with Gasteiger partial charge in [-0.1, -0.05) is 99.2 Å². The number of hydrogen-bond donors (Lipinski definition) is 3. The van der Waals surface area contributed by atoms with Crippen LogP contribution in [0, 0.1) is 0 Å². The van der Waals surface area contributed by atoms with E-state index in [4.69, 9.17) is 4.74 Å². The van der Waals surface area contributed by atoms with Gasteiger partial charge in [-0.2, -0.15) is 0 Å². The zero-order valence-corrected chi connectivity index (χ0v) is 24.5. The fourth-order valence-corrected chi connectivity index (χ4v) is 5.75. The van der Waals surface area contributed by atoms with Gasteiger partial charge in [0.25, 0.3) is 0 Å². The van der Waals surface area contributed by atoms with Crippen molar-refractivity contribution in [3.8, 4) is 0 Å². The second kappa shape index (κ2) is 14.8. The smallest absolute Gasteiger partial charge is 0.331 e. The van der Waals surface area contributed by atoms with Crippen molar-refractivity contribution in [1.29, 1.82) is 0 Å². The van der Waals surface area contributed by atoms with Gasteiger partial charge in [0, 0.05) is 0 Å². The molecule has 2 amide bonds. The number of rotatable bonds is 8. The van der Waals surface area contributed by atoms with E-state index in [0.717, 1.165) is 49.7 Å². The van der Waals surface area contributed by atoms with Gasteiger partial charge in [0.1, 0.15) is 11.1 Å². The number of ether oxygens (including phenoxy) is 1. The standard InChI is InChI=1S/C17H23NO3.C16H21NO3/c1-13(14-9-5-3-6-10-14)15(19)18-17(16(20)21-2)11-7-4-8-12-17;1-12(13-8-4-2-5-9-13)14(18)17-16(15(19)20)10-6-3-7-11-16/h3,5-6,9-10,13H,4,7-8,11-12H2,1-2H3,(H,18,19);2,4-5,8-9,12H,3,6-7,10-11H2,1H3,(H,17,18)(H,19,20)/t13-;12-/m00/s1. The molecule has 8 nitrogen and oxygen atoms in total. The van der Waals surface area contributed by atoms with E-state index in [9.17, 15) is 24.3 Å². The SMILES string of the molecule is COC(=O)C1(NC(=O)[C@@H](C)c2ccccc2)CCCCC1.C[C@H](C(=O)NC1(C(=O)O)CCCCC1)c1ccccc1. The van der Waals surface area contributed by atoms with Crippen molar-refractivity contribution >= 4 is 23.8 Å². The van der Waals surface area contributed by atoms with Crippen molar-refractivity contribution in [2.45, 2.75) is 101 Å². The molecule has 2 aromatic carbocycles. The van der Waals surface area contributed by atoms with Gasteiger partial charge in [0.2, 0.25) is 11.8 Å². The minimum absolute atomic E-state index is 0.117. The molecule has 0 bridgehead atoms. The lowest BCUT2D eigenvalue weighted by atomic mass is 9.81. The highest BCUT2D eigenvalue weighted by Crippen LogP contribution is 2.31. The minimum Gasteiger partial charge on any atom is -0.480 e. The maximum atomic E-state index is 12.5. The van der Waals surface area contributed by atoms with E-state index in [1.165, 1.54) is 7.11 Å². The number of aliphatic carboxylic acids is 1. The first kappa shape index (κ1) is 31.8. The first-order valence-corrected chi connectivity index (χ1v) is 14.7. The third-order valence-electron chi connectivity index (χ3n) is 8.51. The number of carbonyl (C=O) groups excluding carboxylic acids is 3. The van der Waals surface area contributed by atoms with Gasteiger partial charge in [-0.05, 0) is 50.7 Å². The van der Waals surface area contributed by atoms with Gasteiger partial charge in [0.15, 0.2) is 0 Å². The summed E-state index contributed by atoms with van der Waals surface area (Å²) in [5, 5.41) is 15.2. The Morgan fingerprint density at radius 1 is 0.659 bits per heavy atom. The molecule has 0 unspecified atom stereocenters. The van der Waals surface area contributed by atoms with Crippen molar-refractivity contribution in [2.75, 3.05) is 7.11 Å². The van der Waals surface area contributed by atoms with Crippen LogP contribution in [-0.2, 0) is 23.9 Å².